The molecule has 1 unspecified atom stereocenters. The summed E-state index contributed by atoms with van der Waals surface area (Å²) in [6.45, 7) is 1.78. The second-order valence-corrected chi connectivity index (χ2v) is 6.65. The first kappa shape index (κ1) is 15.0. The number of halogens is 2. The molecule has 1 aromatic rings. The lowest BCUT2D eigenvalue weighted by molar-refractivity contribution is -0.126. The third kappa shape index (κ3) is 2.46. The number of amides is 1. The summed E-state index contributed by atoms with van der Waals surface area (Å²) >= 11 is 5.79. The number of benzene rings is 1. The molecule has 1 atom stereocenters. The number of nitrogen functional groups attached to an aromatic ring is 1. The minimum Gasteiger partial charge on any atom is -0.396 e. The molecule has 3 N–H and O–H groups in total. The van der Waals surface area contributed by atoms with Crippen LogP contribution in [0.3, 0.4) is 0 Å². The van der Waals surface area contributed by atoms with Crippen molar-refractivity contribution in [3.8, 4) is 0 Å². The smallest absolute Gasteiger partial charge is 0.245 e. The van der Waals surface area contributed by atoms with E-state index in [2.05, 4.69) is 5.32 Å². The normalized spacial score (nSPS) is 20.8. The third-order valence-corrected chi connectivity index (χ3v) is 5.52. The fourth-order valence-corrected chi connectivity index (χ4v) is 4.08. The van der Waals surface area contributed by atoms with E-state index in [1.807, 2.05) is 0 Å². The van der Waals surface area contributed by atoms with E-state index >= 15 is 0 Å². The lowest BCUT2D eigenvalue weighted by atomic mass is 10.2. The van der Waals surface area contributed by atoms with E-state index in [4.69, 9.17) is 17.3 Å². The van der Waals surface area contributed by atoms with Crippen LogP contribution in [0.15, 0.2) is 17.0 Å². The Bertz CT molecular complexity index is 665. The van der Waals surface area contributed by atoms with Crippen LogP contribution in [0.1, 0.15) is 6.92 Å². The molecule has 0 radical (unpaired) electrons. The van der Waals surface area contributed by atoms with Crippen molar-refractivity contribution in [1.82, 2.24) is 9.62 Å². The Hall–Kier alpha value is -1.38. The molecule has 0 saturated carbocycles. The van der Waals surface area contributed by atoms with Gasteiger partial charge in [0.1, 0.15) is 16.8 Å². The molecule has 1 aromatic carbocycles. The van der Waals surface area contributed by atoms with E-state index in [0.717, 1.165) is 16.4 Å². The van der Waals surface area contributed by atoms with Crippen molar-refractivity contribution in [2.45, 2.75) is 17.9 Å². The van der Waals surface area contributed by atoms with Crippen LogP contribution >= 0.6 is 11.6 Å². The second kappa shape index (κ2) is 5.19. The second-order valence-electron chi connectivity index (χ2n) is 4.39. The van der Waals surface area contributed by atoms with Gasteiger partial charge in [0.05, 0.1) is 10.7 Å². The van der Waals surface area contributed by atoms with Gasteiger partial charge in [0.25, 0.3) is 0 Å². The minimum atomic E-state index is -4.02. The molecule has 110 valence electrons. The van der Waals surface area contributed by atoms with Gasteiger partial charge in [-0.25, -0.2) is 12.8 Å². The van der Waals surface area contributed by atoms with E-state index in [9.17, 15) is 17.6 Å². The highest BCUT2D eigenvalue weighted by Gasteiger charge is 2.36. The number of nitrogens with zero attached hydrogens (tertiary/aromatic N) is 1. The molecule has 1 heterocycles. The van der Waals surface area contributed by atoms with Gasteiger partial charge in [0, 0.05) is 13.1 Å². The maximum atomic E-state index is 13.2. The van der Waals surface area contributed by atoms with E-state index < -0.39 is 27.8 Å². The number of carbonyl (C=O) groups is 1. The van der Waals surface area contributed by atoms with Crippen molar-refractivity contribution in [1.29, 1.82) is 0 Å². The summed E-state index contributed by atoms with van der Waals surface area (Å²) in [5.74, 6) is -1.19. The first-order chi connectivity index (χ1) is 9.25. The quantitative estimate of drug-likeness (QED) is 0.779. The van der Waals surface area contributed by atoms with E-state index in [0.29, 0.717) is 0 Å². The summed E-state index contributed by atoms with van der Waals surface area (Å²) in [5.41, 5.74) is 5.06. The number of piperazine rings is 1. The maximum absolute atomic E-state index is 13.2. The van der Waals surface area contributed by atoms with Gasteiger partial charge in [-0.15, -0.1) is 0 Å². The number of nitrogens with one attached hydrogen (secondary N) is 1. The topological polar surface area (TPSA) is 92.5 Å². The molecule has 0 spiro atoms. The van der Waals surface area contributed by atoms with Crippen LogP contribution in [-0.2, 0) is 14.8 Å². The van der Waals surface area contributed by atoms with Gasteiger partial charge in [0.2, 0.25) is 15.9 Å². The van der Waals surface area contributed by atoms with Gasteiger partial charge in [-0.05, 0) is 19.1 Å². The van der Waals surface area contributed by atoms with Crippen LogP contribution in [0.25, 0.3) is 0 Å². The van der Waals surface area contributed by atoms with Crippen molar-refractivity contribution in [3.05, 3.63) is 23.0 Å². The number of rotatable bonds is 2. The number of hydrogen-bond donors (Lipinski definition) is 2. The van der Waals surface area contributed by atoms with Crippen molar-refractivity contribution in [3.63, 3.8) is 0 Å². The molecule has 1 aliphatic heterocycles. The van der Waals surface area contributed by atoms with Gasteiger partial charge < -0.3 is 11.1 Å². The summed E-state index contributed by atoms with van der Waals surface area (Å²) in [6, 6.07) is 0.945. The monoisotopic (exact) mass is 321 g/mol. The fourth-order valence-electron chi connectivity index (χ4n) is 1.96. The lowest BCUT2D eigenvalue weighted by Gasteiger charge is -2.32. The standard InChI is InChI=1S/C11H13ClFN3O3S/c1-6-11(17)15-2-3-16(6)20(18,19)10-5-9(14)8(13)4-7(10)12/h4-6H,2-3,14H2,1H3,(H,15,17). The van der Waals surface area contributed by atoms with Gasteiger partial charge in [-0.1, -0.05) is 11.6 Å². The predicted molar refractivity (Wildman–Crippen MR) is 72.2 cm³/mol. The largest absolute Gasteiger partial charge is 0.396 e. The zero-order chi connectivity index (χ0) is 15.1. The molecule has 6 nitrogen and oxygen atoms in total. The Morgan fingerprint density at radius 3 is 2.80 bits per heavy atom. The molecular weight excluding hydrogens is 309 g/mol. The van der Waals surface area contributed by atoms with Crippen LogP contribution in [-0.4, -0.2) is 37.8 Å². The molecule has 0 aromatic heterocycles. The number of carbonyl (C=O) groups excluding carboxylic acids is 1. The molecular formula is C11H13ClFN3O3S. The minimum absolute atomic E-state index is 0.114. The van der Waals surface area contributed by atoms with Crippen LogP contribution in [0.2, 0.25) is 5.02 Å². The summed E-state index contributed by atoms with van der Waals surface area (Å²) < 4.78 is 39.3. The number of nitrogens with two attached hydrogens (primary N) is 1. The lowest BCUT2D eigenvalue weighted by Crippen LogP contribution is -2.55. The average molecular weight is 322 g/mol. The fraction of sp³-hybridized carbons (Fsp3) is 0.364. The zero-order valence-corrected chi connectivity index (χ0v) is 12.1. The molecule has 9 heteroatoms. The Kier molecular flexibility index (Phi) is 3.90. The van der Waals surface area contributed by atoms with E-state index in [1.54, 1.807) is 0 Å². The molecule has 2 rings (SSSR count). The molecule has 1 amide bonds. The van der Waals surface area contributed by atoms with Gasteiger partial charge in [-0.2, -0.15) is 4.31 Å². The zero-order valence-electron chi connectivity index (χ0n) is 10.6. The Morgan fingerprint density at radius 2 is 2.15 bits per heavy atom. The number of hydrogen-bond acceptors (Lipinski definition) is 4. The summed E-state index contributed by atoms with van der Waals surface area (Å²) in [6.07, 6.45) is 0. The Labute approximate surface area is 120 Å². The molecule has 0 aliphatic carbocycles. The van der Waals surface area contributed by atoms with Crippen molar-refractivity contribution >= 4 is 33.2 Å². The maximum Gasteiger partial charge on any atom is 0.245 e. The van der Waals surface area contributed by atoms with Crippen LogP contribution in [0.5, 0.6) is 0 Å². The van der Waals surface area contributed by atoms with Crippen LogP contribution in [0, 0.1) is 5.82 Å². The number of sulfonamides is 1. The van der Waals surface area contributed by atoms with Crippen LogP contribution in [0.4, 0.5) is 10.1 Å². The molecule has 1 aliphatic rings. The summed E-state index contributed by atoms with van der Waals surface area (Å²) in [5, 5.41) is 2.29. The highest BCUT2D eigenvalue weighted by atomic mass is 35.5. The molecule has 0 bridgehead atoms. The summed E-state index contributed by atoms with van der Waals surface area (Å²) in [7, 11) is -4.02. The van der Waals surface area contributed by atoms with Crippen molar-refractivity contribution in [2.24, 2.45) is 0 Å². The van der Waals surface area contributed by atoms with Crippen molar-refractivity contribution in [2.75, 3.05) is 18.8 Å². The average Bonchev–Trinajstić information content (AvgIpc) is 2.36. The SMILES string of the molecule is CC1C(=O)NCCN1S(=O)(=O)c1cc(N)c(F)cc1Cl. The summed E-state index contributed by atoms with van der Waals surface area (Å²) in [4.78, 5) is 11.2. The van der Waals surface area contributed by atoms with E-state index in [-0.39, 0.29) is 28.7 Å². The first-order valence-electron chi connectivity index (χ1n) is 5.79. The molecule has 20 heavy (non-hydrogen) atoms. The predicted octanol–water partition coefficient (Wildman–Crippen LogP) is 0.570. The van der Waals surface area contributed by atoms with E-state index in [1.165, 1.54) is 6.92 Å². The Morgan fingerprint density at radius 1 is 1.50 bits per heavy atom. The van der Waals surface area contributed by atoms with Gasteiger partial charge in [-0.3, -0.25) is 4.79 Å². The molecule has 1 fully saturated rings. The van der Waals surface area contributed by atoms with Gasteiger partial charge >= 0.3 is 0 Å². The molecule has 1 saturated heterocycles. The van der Waals surface area contributed by atoms with Crippen molar-refractivity contribution < 1.29 is 17.6 Å². The number of anilines is 1. The van der Waals surface area contributed by atoms with Crippen LogP contribution < -0.4 is 11.1 Å². The first-order valence-corrected chi connectivity index (χ1v) is 7.61. The third-order valence-electron chi connectivity index (χ3n) is 3.08. The Balaban J connectivity index is 2.50. The van der Waals surface area contributed by atoms with Gasteiger partial charge in [0.15, 0.2) is 0 Å². The highest BCUT2D eigenvalue weighted by molar-refractivity contribution is 7.89. The highest BCUT2D eigenvalue weighted by Crippen LogP contribution is 2.30.